The van der Waals surface area contributed by atoms with Gasteiger partial charge in [0.25, 0.3) is 15.9 Å². The lowest BCUT2D eigenvalue weighted by Crippen LogP contribution is -2.41. The molecule has 1 saturated carbocycles. The van der Waals surface area contributed by atoms with E-state index in [1.165, 1.54) is 22.9 Å². The Morgan fingerprint density at radius 2 is 1.93 bits per heavy atom. The molecule has 6 rings (SSSR count). The molecule has 232 valence electrons. The minimum Gasteiger partial charge on any atom is -0.477 e. The van der Waals surface area contributed by atoms with Gasteiger partial charge in [-0.1, -0.05) is 0 Å². The predicted octanol–water partition coefficient (Wildman–Crippen LogP) is 4.40. The minimum absolute atomic E-state index is 0.0840. The molecule has 2 aliphatic heterocycles. The van der Waals surface area contributed by atoms with E-state index >= 15 is 0 Å². The highest BCUT2D eigenvalue weighted by Gasteiger charge is 2.62. The first kappa shape index (κ1) is 29.5. The Hall–Kier alpha value is -3.62. The van der Waals surface area contributed by atoms with Gasteiger partial charge in [0, 0.05) is 42.7 Å². The number of hydrogen-bond donors (Lipinski definition) is 1. The van der Waals surface area contributed by atoms with Crippen LogP contribution in [-0.2, 0) is 16.6 Å². The molecule has 2 fully saturated rings. The summed E-state index contributed by atoms with van der Waals surface area (Å²) in [5.41, 5.74) is -1.51. The fourth-order valence-electron chi connectivity index (χ4n) is 6.24. The first-order valence-corrected chi connectivity index (χ1v) is 15.8. The number of nitrogens with one attached hydrogen (secondary N) is 1. The van der Waals surface area contributed by atoms with E-state index in [1.807, 2.05) is 4.90 Å². The molecule has 1 amide bonds. The number of anilines is 1. The highest BCUT2D eigenvalue weighted by Crippen LogP contribution is 2.59. The number of ether oxygens (including phenoxy) is 1. The average molecular weight is 622 g/mol. The van der Waals surface area contributed by atoms with Crippen molar-refractivity contribution in [3.8, 4) is 11.7 Å². The first-order valence-electron chi connectivity index (χ1n) is 14.3. The zero-order chi connectivity index (χ0) is 30.8. The van der Waals surface area contributed by atoms with E-state index in [4.69, 9.17) is 9.72 Å². The van der Waals surface area contributed by atoms with E-state index < -0.39 is 27.5 Å². The van der Waals surface area contributed by atoms with Crippen LogP contribution >= 0.6 is 0 Å². The normalized spacial score (nSPS) is 22.4. The van der Waals surface area contributed by atoms with Crippen LogP contribution in [0, 0.1) is 18.3 Å². The molecule has 43 heavy (non-hydrogen) atoms. The fraction of sp³-hybridized carbons (Fsp3) is 0.571. The van der Waals surface area contributed by atoms with Gasteiger partial charge in [-0.3, -0.25) is 9.48 Å². The van der Waals surface area contributed by atoms with Crippen molar-refractivity contribution in [3.05, 3.63) is 41.7 Å². The second-order valence-corrected chi connectivity index (χ2v) is 14.1. The van der Waals surface area contributed by atoms with Crippen molar-refractivity contribution in [2.75, 3.05) is 18.1 Å². The summed E-state index contributed by atoms with van der Waals surface area (Å²) in [6, 6.07) is 4.58. The van der Waals surface area contributed by atoms with Crippen LogP contribution < -0.4 is 14.4 Å². The number of nitrogens with zero attached hydrogens (tertiary/aromatic N) is 6. The molecule has 1 aliphatic carbocycles. The Kier molecular flexibility index (Phi) is 7.01. The Balaban J connectivity index is 1.31. The third-order valence-electron chi connectivity index (χ3n) is 8.79. The van der Waals surface area contributed by atoms with Crippen molar-refractivity contribution in [2.24, 2.45) is 11.3 Å². The highest BCUT2D eigenvalue weighted by atomic mass is 32.2. The van der Waals surface area contributed by atoms with E-state index in [2.05, 4.69) is 28.8 Å². The smallest absolute Gasteiger partial charge is 0.394 e. The predicted molar refractivity (Wildman–Crippen MR) is 150 cm³/mol. The van der Waals surface area contributed by atoms with Gasteiger partial charge in [-0.25, -0.2) is 14.4 Å². The molecule has 3 aromatic heterocycles. The molecule has 3 aromatic rings. The molecule has 0 aromatic carbocycles. The van der Waals surface area contributed by atoms with E-state index in [9.17, 15) is 26.4 Å². The maximum atomic E-state index is 13.5. The maximum Gasteiger partial charge on any atom is 0.394 e. The molecule has 11 nitrogen and oxygen atoms in total. The lowest BCUT2D eigenvalue weighted by atomic mass is 9.93. The number of alkyl halides is 3. The van der Waals surface area contributed by atoms with E-state index in [1.54, 1.807) is 24.0 Å². The van der Waals surface area contributed by atoms with Crippen molar-refractivity contribution in [3.63, 3.8) is 0 Å². The lowest BCUT2D eigenvalue weighted by molar-refractivity contribution is -0.190. The summed E-state index contributed by atoms with van der Waals surface area (Å²) in [5.74, 6) is 0.293. The Labute approximate surface area is 247 Å². The third-order valence-corrected chi connectivity index (χ3v) is 10.2. The SMILES string of the molecule is Cc1cn2nc1S(=O)(=O)NC(=O)c1ccc(-n3ccc(OCCC4(C(F)(F)F)CC4)n3)nc1N1CC(CCC2)CC1(C)C. The van der Waals surface area contributed by atoms with Gasteiger partial charge < -0.3 is 9.64 Å². The Bertz CT molecular complexity index is 1660. The minimum atomic E-state index is -4.26. The number of amides is 1. The largest absolute Gasteiger partial charge is 0.477 e. The van der Waals surface area contributed by atoms with E-state index in [0.29, 0.717) is 36.2 Å². The summed E-state index contributed by atoms with van der Waals surface area (Å²) in [5, 5.41) is 8.39. The van der Waals surface area contributed by atoms with Crippen molar-refractivity contribution < 1.29 is 31.1 Å². The molecule has 0 radical (unpaired) electrons. The van der Waals surface area contributed by atoms with Crippen molar-refractivity contribution >= 4 is 21.7 Å². The number of carbonyl (C=O) groups is 1. The summed E-state index contributed by atoms with van der Waals surface area (Å²) in [4.78, 5) is 20.3. The van der Waals surface area contributed by atoms with Crippen LogP contribution in [0.5, 0.6) is 5.88 Å². The molecule has 1 unspecified atom stereocenters. The first-order chi connectivity index (χ1) is 20.2. The van der Waals surface area contributed by atoms with Gasteiger partial charge in [0.1, 0.15) is 5.82 Å². The molecule has 15 heteroatoms. The summed E-state index contributed by atoms with van der Waals surface area (Å²) in [6.45, 7) is 6.82. The molecular weight excluding hydrogens is 587 g/mol. The second kappa shape index (κ2) is 10.2. The molecule has 1 saturated heterocycles. The second-order valence-electron chi connectivity index (χ2n) is 12.5. The number of aromatic nitrogens is 5. The molecule has 1 N–H and O–H groups in total. The number of halogens is 3. The van der Waals surface area contributed by atoms with Crippen molar-refractivity contribution in [1.29, 1.82) is 0 Å². The van der Waals surface area contributed by atoms with Gasteiger partial charge in [0.15, 0.2) is 10.8 Å². The van der Waals surface area contributed by atoms with Crippen molar-refractivity contribution in [1.82, 2.24) is 29.3 Å². The molecule has 5 heterocycles. The fourth-order valence-corrected chi connectivity index (χ4v) is 7.38. The number of pyridine rings is 1. The van der Waals surface area contributed by atoms with E-state index in [-0.39, 0.29) is 47.9 Å². The zero-order valence-corrected chi connectivity index (χ0v) is 25.0. The summed E-state index contributed by atoms with van der Waals surface area (Å²) in [7, 11) is -4.26. The molecule has 0 spiro atoms. The lowest BCUT2D eigenvalue weighted by Gasteiger charge is -2.34. The molecule has 3 aliphatic rings. The van der Waals surface area contributed by atoms with Crippen LogP contribution in [0.3, 0.4) is 0 Å². The maximum absolute atomic E-state index is 13.5. The Morgan fingerprint density at radius 1 is 1.16 bits per heavy atom. The number of hydrogen-bond acceptors (Lipinski definition) is 8. The zero-order valence-electron chi connectivity index (χ0n) is 24.2. The van der Waals surface area contributed by atoms with Gasteiger partial charge in [-0.2, -0.15) is 26.7 Å². The van der Waals surface area contributed by atoms with Gasteiger partial charge in [0.2, 0.25) is 5.88 Å². The van der Waals surface area contributed by atoms with Crippen LogP contribution in [0.2, 0.25) is 0 Å². The number of rotatable bonds is 5. The van der Waals surface area contributed by atoms with Crippen LogP contribution in [-0.4, -0.2) is 63.7 Å². The van der Waals surface area contributed by atoms with Crippen molar-refractivity contribution in [2.45, 2.75) is 82.6 Å². The standard InChI is InChI=1S/C28H34F3N7O4S/c1-18-16-36-12-4-5-19-15-26(2,3)37(17-19)23-20(24(39)35-43(40,41)25(18)34-36)6-7-21(32-23)38-13-8-22(33-38)42-14-11-27(9-10-27)28(29,30)31/h6-8,13,16,19H,4-5,9-12,14-15,17H2,1-3H3,(H,35,39). The van der Waals surface area contributed by atoms with Crippen LogP contribution in [0.15, 0.2) is 35.6 Å². The van der Waals surface area contributed by atoms with Crippen LogP contribution in [0.4, 0.5) is 19.0 Å². The van der Waals surface area contributed by atoms with Gasteiger partial charge in [-0.15, -0.1) is 5.10 Å². The number of aryl methyl sites for hydroxylation is 2. The summed E-state index contributed by atoms with van der Waals surface area (Å²) < 4.78 is 76.9. The third kappa shape index (κ3) is 5.58. The molecular formula is C28H34F3N7O4S. The quantitative estimate of drug-likeness (QED) is 0.445. The van der Waals surface area contributed by atoms with Gasteiger partial charge in [-0.05, 0) is 77.3 Å². The number of carbonyl (C=O) groups excluding carboxylic acids is 1. The number of fused-ring (bicyclic) bond motifs is 6. The molecule has 1 atom stereocenters. The monoisotopic (exact) mass is 621 g/mol. The Morgan fingerprint density at radius 3 is 2.65 bits per heavy atom. The average Bonchev–Trinajstić information content (AvgIpc) is 3.25. The summed E-state index contributed by atoms with van der Waals surface area (Å²) >= 11 is 0. The van der Waals surface area contributed by atoms with Gasteiger partial charge in [0.05, 0.1) is 17.6 Å². The topological polar surface area (TPSA) is 124 Å². The van der Waals surface area contributed by atoms with E-state index in [0.717, 1.165) is 19.3 Å². The highest BCUT2D eigenvalue weighted by molar-refractivity contribution is 7.90. The summed E-state index contributed by atoms with van der Waals surface area (Å²) in [6.07, 6.45) is 1.63. The number of sulfonamides is 1. The van der Waals surface area contributed by atoms with Gasteiger partial charge >= 0.3 is 6.18 Å². The van der Waals surface area contributed by atoms with Crippen LogP contribution in [0.1, 0.15) is 68.3 Å². The molecule has 4 bridgehead atoms. The van der Waals surface area contributed by atoms with Crippen LogP contribution in [0.25, 0.3) is 5.82 Å².